The van der Waals surface area contributed by atoms with E-state index in [1.807, 2.05) is 12.1 Å². The molecule has 5 rings (SSSR count). The molecule has 154 valence electrons. The lowest BCUT2D eigenvalue weighted by atomic mass is 9.80. The van der Waals surface area contributed by atoms with E-state index in [-0.39, 0.29) is 28.2 Å². The van der Waals surface area contributed by atoms with Crippen LogP contribution in [0, 0.1) is 18.3 Å². The van der Waals surface area contributed by atoms with E-state index >= 15 is 0 Å². The van der Waals surface area contributed by atoms with Gasteiger partial charge in [-0.2, -0.15) is 5.26 Å². The zero-order chi connectivity index (χ0) is 21.9. The van der Waals surface area contributed by atoms with Crippen molar-refractivity contribution in [3.8, 4) is 11.8 Å². The van der Waals surface area contributed by atoms with Gasteiger partial charge in [-0.15, -0.1) is 11.6 Å². The van der Waals surface area contributed by atoms with E-state index in [4.69, 9.17) is 30.9 Å². The number of rotatable bonds is 1. The molecule has 1 aliphatic carbocycles. The summed E-state index contributed by atoms with van der Waals surface area (Å²) in [7, 11) is 0. The van der Waals surface area contributed by atoms with Gasteiger partial charge >= 0.3 is 11.3 Å². The number of nitriles is 1. The van der Waals surface area contributed by atoms with Gasteiger partial charge in [0.15, 0.2) is 5.75 Å². The maximum absolute atomic E-state index is 13.1. The smallest absolute Gasteiger partial charge is 0.344 e. The molecule has 0 spiro atoms. The first kappa shape index (κ1) is 19.2. The first-order chi connectivity index (χ1) is 14.9. The molecule has 0 fully saturated rings. The van der Waals surface area contributed by atoms with Crippen LogP contribution in [0.2, 0.25) is 0 Å². The molecular formula is C23H15ClN2O5. The number of allylic oxidation sites excluding steroid dienone is 1. The Balaban J connectivity index is 1.98. The zero-order valence-corrected chi connectivity index (χ0v) is 17.0. The van der Waals surface area contributed by atoms with Crippen molar-refractivity contribution in [3.63, 3.8) is 0 Å². The first-order valence-corrected chi connectivity index (χ1v) is 9.96. The molecule has 2 N–H and O–H groups in total. The Kier molecular flexibility index (Phi) is 4.27. The molecule has 0 saturated carbocycles. The minimum atomic E-state index is -0.977. The van der Waals surface area contributed by atoms with Crippen molar-refractivity contribution < 1.29 is 13.6 Å². The summed E-state index contributed by atoms with van der Waals surface area (Å²) in [5.74, 6) is -0.913. The Morgan fingerprint density at radius 1 is 1.23 bits per heavy atom. The fraction of sp³-hybridized carbons (Fsp3) is 0.174. The third kappa shape index (κ3) is 2.80. The van der Waals surface area contributed by atoms with Crippen molar-refractivity contribution >= 4 is 34.2 Å². The van der Waals surface area contributed by atoms with Gasteiger partial charge in [-0.25, -0.2) is 9.59 Å². The molecule has 2 aromatic heterocycles. The number of hydrogen-bond acceptors (Lipinski definition) is 7. The molecule has 2 aliphatic rings. The number of aryl methyl sites for hydroxylation is 1. The number of ether oxygens (including phenoxy) is 1. The van der Waals surface area contributed by atoms with Crippen molar-refractivity contribution in [2.24, 2.45) is 5.73 Å². The van der Waals surface area contributed by atoms with Crippen molar-refractivity contribution in [2.45, 2.75) is 24.6 Å². The normalized spacial score (nSPS) is 19.8. The first-order valence-electron chi connectivity index (χ1n) is 9.53. The number of halogens is 1. The highest BCUT2D eigenvalue weighted by Gasteiger charge is 2.40. The lowest BCUT2D eigenvalue weighted by molar-refractivity contribution is 0.388. The van der Waals surface area contributed by atoms with Crippen LogP contribution in [0.4, 0.5) is 0 Å². The van der Waals surface area contributed by atoms with Crippen LogP contribution < -0.4 is 32.4 Å². The van der Waals surface area contributed by atoms with E-state index in [1.165, 1.54) is 6.07 Å². The summed E-state index contributed by atoms with van der Waals surface area (Å²) in [6.07, 6.45) is 2.29. The third-order valence-corrected chi connectivity index (χ3v) is 6.03. The van der Waals surface area contributed by atoms with Gasteiger partial charge < -0.3 is 19.3 Å². The van der Waals surface area contributed by atoms with Crippen molar-refractivity contribution in [1.82, 2.24) is 0 Å². The Morgan fingerprint density at radius 2 is 2.00 bits per heavy atom. The van der Waals surface area contributed by atoms with Gasteiger partial charge in [0.2, 0.25) is 5.88 Å². The van der Waals surface area contributed by atoms with Crippen molar-refractivity contribution in [2.75, 3.05) is 0 Å². The second-order valence-corrected chi connectivity index (χ2v) is 7.93. The quantitative estimate of drug-likeness (QED) is 0.458. The molecule has 3 heterocycles. The van der Waals surface area contributed by atoms with Crippen LogP contribution in [-0.4, -0.2) is 5.38 Å². The second kappa shape index (κ2) is 6.89. The Hall–Kier alpha value is -3.76. The van der Waals surface area contributed by atoms with Crippen LogP contribution in [0.1, 0.15) is 23.5 Å². The summed E-state index contributed by atoms with van der Waals surface area (Å²) >= 11 is 6.68. The van der Waals surface area contributed by atoms with Gasteiger partial charge in [-0.1, -0.05) is 18.2 Å². The fourth-order valence-corrected chi connectivity index (χ4v) is 4.58. The standard InChI is InChI=1S/C23H15ClN2O5/c1-10-8-16(27)30-20-11(10)6-7-14(24)18(20)17-13(9-25)22(26)31-21-12-4-2-3-5-15(12)29-23(28)19(17)21/h2-6,8,14,17H,7,26H2,1H3. The lowest BCUT2D eigenvalue weighted by Crippen LogP contribution is -2.41. The molecule has 0 radical (unpaired) electrons. The predicted octanol–water partition coefficient (Wildman–Crippen LogP) is 1.87. The van der Waals surface area contributed by atoms with Crippen molar-refractivity contribution in [3.05, 3.63) is 84.4 Å². The number of alkyl halides is 1. The number of benzene rings is 1. The number of nitrogens with two attached hydrogens (primary N) is 1. The third-order valence-electron chi connectivity index (χ3n) is 5.62. The summed E-state index contributed by atoms with van der Waals surface area (Å²) < 4.78 is 16.8. The average Bonchev–Trinajstić information content (AvgIpc) is 2.73. The minimum absolute atomic E-state index is 0.00716. The second-order valence-electron chi connectivity index (χ2n) is 7.41. The highest BCUT2D eigenvalue weighted by molar-refractivity contribution is 6.26. The van der Waals surface area contributed by atoms with E-state index in [0.717, 1.165) is 0 Å². The molecule has 0 amide bonds. The van der Waals surface area contributed by atoms with Crippen LogP contribution in [0.15, 0.2) is 60.2 Å². The molecular weight excluding hydrogens is 420 g/mol. The van der Waals surface area contributed by atoms with Gasteiger partial charge in [0.05, 0.1) is 22.2 Å². The lowest BCUT2D eigenvalue weighted by Gasteiger charge is -2.29. The van der Waals surface area contributed by atoms with Gasteiger partial charge in [-0.05, 0) is 31.0 Å². The molecule has 2 unspecified atom stereocenters. The van der Waals surface area contributed by atoms with Crippen LogP contribution in [-0.2, 0) is 0 Å². The molecule has 1 aliphatic heterocycles. The molecule has 3 aromatic rings. The molecule has 0 bridgehead atoms. The molecule has 1 aromatic carbocycles. The van der Waals surface area contributed by atoms with E-state index in [9.17, 15) is 14.9 Å². The number of hydrogen-bond donors (Lipinski definition) is 1. The zero-order valence-electron chi connectivity index (χ0n) is 16.3. The molecule has 0 saturated heterocycles. The molecule has 2 atom stereocenters. The summed E-state index contributed by atoms with van der Waals surface area (Å²) in [5, 5.41) is 10.5. The van der Waals surface area contributed by atoms with Gasteiger partial charge in [-0.3, -0.25) is 0 Å². The van der Waals surface area contributed by atoms with Gasteiger partial charge in [0.1, 0.15) is 22.6 Å². The van der Waals surface area contributed by atoms with E-state index in [2.05, 4.69) is 0 Å². The van der Waals surface area contributed by atoms with Gasteiger partial charge in [0.25, 0.3) is 0 Å². The van der Waals surface area contributed by atoms with Crippen LogP contribution in [0.25, 0.3) is 22.6 Å². The summed E-state index contributed by atoms with van der Waals surface area (Å²) in [6.45, 7) is 1.79. The maximum atomic E-state index is 13.1. The van der Waals surface area contributed by atoms with Crippen molar-refractivity contribution in [1.29, 1.82) is 5.26 Å². The summed E-state index contributed by atoms with van der Waals surface area (Å²) in [6, 6.07) is 10.3. The molecule has 31 heavy (non-hydrogen) atoms. The van der Waals surface area contributed by atoms with Crippen LogP contribution in [0.5, 0.6) is 5.75 Å². The topological polar surface area (TPSA) is 119 Å². The number of nitrogens with zero attached hydrogens (tertiary/aromatic N) is 1. The predicted molar refractivity (Wildman–Crippen MR) is 114 cm³/mol. The minimum Gasteiger partial charge on any atom is -0.439 e. The Morgan fingerprint density at radius 3 is 2.77 bits per heavy atom. The monoisotopic (exact) mass is 434 g/mol. The van der Waals surface area contributed by atoms with E-state index in [1.54, 1.807) is 31.2 Å². The highest BCUT2D eigenvalue weighted by atomic mass is 35.5. The maximum Gasteiger partial charge on any atom is 0.344 e. The molecule has 7 nitrogen and oxygen atoms in total. The van der Waals surface area contributed by atoms with Crippen LogP contribution in [0.3, 0.4) is 0 Å². The fourth-order valence-electron chi connectivity index (χ4n) is 4.27. The Bertz CT molecular complexity index is 1590. The summed E-state index contributed by atoms with van der Waals surface area (Å²) in [5.41, 5.74) is 6.67. The number of para-hydroxylation sites is 1. The molecule has 8 heteroatoms. The van der Waals surface area contributed by atoms with Gasteiger partial charge in [0, 0.05) is 16.9 Å². The number of fused-ring (bicyclic) bond motifs is 4. The van der Waals surface area contributed by atoms with Crippen LogP contribution >= 0.6 is 11.6 Å². The largest absolute Gasteiger partial charge is 0.439 e. The van der Waals surface area contributed by atoms with E-state index in [0.29, 0.717) is 33.7 Å². The Labute approximate surface area is 179 Å². The average molecular weight is 435 g/mol. The summed E-state index contributed by atoms with van der Waals surface area (Å²) in [4.78, 5) is 25.2. The SMILES string of the molecule is Cc1cc(=O)oc2c1=CCC(Cl)C=2C1C(C#N)=C(N)Oc2c1c(=O)oc1ccccc21. The highest BCUT2D eigenvalue weighted by Crippen LogP contribution is 2.46. The van der Waals surface area contributed by atoms with E-state index < -0.39 is 22.5 Å².